The fraction of sp³-hybridized carbons (Fsp3) is 0.231. The molecule has 1 saturated heterocycles. The maximum Gasteiger partial charge on any atom is 0.263 e. The standard InChI is InChI=1S/C26H24N6O3S2/c1-18-8-10-19(11-9-18)17-31-24(33)21-6-2-3-7-22(21)32-25(31)28-29-26(32)36-23-13-12-20(16-27-23)37(34,35)30-14-4-5-15-30/h2-3,6-13,16H,4-5,14-15,17H2,1H3. The molecule has 0 atom stereocenters. The molecule has 188 valence electrons. The summed E-state index contributed by atoms with van der Waals surface area (Å²) in [5.41, 5.74) is 2.69. The lowest BCUT2D eigenvalue weighted by Gasteiger charge is -2.15. The fourth-order valence-electron chi connectivity index (χ4n) is 4.57. The van der Waals surface area contributed by atoms with Gasteiger partial charge in [-0.1, -0.05) is 42.0 Å². The maximum absolute atomic E-state index is 13.4. The zero-order valence-electron chi connectivity index (χ0n) is 20.1. The first-order valence-corrected chi connectivity index (χ1v) is 14.2. The van der Waals surface area contributed by atoms with Gasteiger partial charge in [-0.05, 0) is 61.4 Å². The summed E-state index contributed by atoms with van der Waals surface area (Å²) < 4.78 is 30.7. The second-order valence-electron chi connectivity index (χ2n) is 9.06. The van der Waals surface area contributed by atoms with E-state index in [2.05, 4.69) is 15.2 Å². The number of benzene rings is 2. The summed E-state index contributed by atoms with van der Waals surface area (Å²) in [6.45, 7) is 3.47. The summed E-state index contributed by atoms with van der Waals surface area (Å²) in [6.07, 6.45) is 3.15. The third-order valence-electron chi connectivity index (χ3n) is 6.55. The predicted octanol–water partition coefficient (Wildman–Crippen LogP) is 3.73. The van der Waals surface area contributed by atoms with Crippen molar-refractivity contribution in [3.05, 3.63) is 88.3 Å². The van der Waals surface area contributed by atoms with Crippen LogP contribution in [0, 0.1) is 6.92 Å². The number of sulfonamides is 1. The van der Waals surface area contributed by atoms with Crippen molar-refractivity contribution in [1.29, 1.82) is 0 Å². The SMILES string of the molecule is Cc1ccc(Cn2c(=O)c3ccccc3n3c(Sc4ccc(S(=O)(=O)N5CCCC5)cn4)nnc23)cc1. The summed E-state index contributed by atoms with van der Waals surface area (Å²) in [5, 5.41) is 10.4. The van der Waals surface area contributed by atoms with Gasteiger partial charge in [0, 0.05) is 19.3 Å². The Morgan fingerprint density at radius 2 is 1.70 bits per heavy atom. The molecule has 0 bridgehead atoms. The van der Waals surface area contributed by atoms with Crippen LogP contribution in [0.3, 0.4) is 0 Å². The van der Waals surface area contributed by atoms with Crippen LogP contribution in [-0.2, 0) is 16.6 Å². The van der Waals surface area contributed by atoms with Gasteiger partial charge in [-0.3, -0.25) is 13.8 Å². The van der Waals surface area contributed by atoms with E-state index < -0.39 is 10.0 Å². The Morgan fingerprint density at radius 3 is 2.43 bits per heavy atom. The molecule has 0 unspecified atom stereocenters. The van der Waals surface area contributed by atoms with Crippen LogP contribution in [0.5, 0.6) is 0 Å². The summed E-state index contributed by atoms with van der Waals surface area (Å²) in [7, 11) is -3.53. The molecule has 6 rings (SSSR count). The normalized spacial score (nSPS) is 14.6. The van der Waals surface area contributed by atoms with Crippen molar-refractivity contribution < 1.29 is 8.42 Å². The number of pyridine rings is 1. The average molecular weight is 533 g/mol. The van der Waals surface area contributed by atoms with Crippen molar-refractivity contribution in [1.82, 2.24) is 28.5 Å². The largest absolute Gasteiger partial charge is 0.272 e. The molecule has 1 aliphatic heterocycles. The minimum absolute atomic E-state index is 0.137. The van der Waals surface area contributed by atoms with E-state index in [1.807, 2.05) is 53.8 Å². The fourth-order valence-corrected chi connectivity index (χ4v) is 6.81. The van der Waals surface area contributed by atoms with E-state index in [1.165, 1.54) is 22.3 Å². The first-order valence-electron chi connectivity index (χ1n) is 12.0. The Bertz CT molecular complexity index is 1770. The summed E-state index contributed by atoms with van der Waals surface area (Å²) in [6, 6.07) is 18.7. The molecule has 3 aromatic heterocycles. The Morgan fingerprint density at radius 1 is 0.946 bits per heavy atom. The van der Waals surface area contributed by atoms with Crippen LogP contribution in [0.4, 0.5) is 0 Å². The molecule has 0 saturated carbocycles. The molecule has 5 aromatic rings. The molecule has 0 aliphatic carbocycles. The molecule has 4 heterocycles. The van der Waals surface area contributed by atoms with Crippen LogP contribution >= 0.6 is 11.8 Å². The first kappa shape index (κ1) is 23.8. The maximum atomic E-state index is 13.4. The summed E-state index contributed by atoms with van der Waals surface area (Å²) in [5.74, 6) is 0.431. The highest BCUT2D eigenvalue weighted by atomic mass is 32.2. The van der Waals surface area contributed by atoms with Gasteiger partial charge in [0.05, 0.1) is 17.4 Å². The first-order chi connectivity index (χ1) is 17.9. The highest BCUT2D eigenvalue weighted by molar-refractivity contribution is 7.99. The van der Waals surface area contributed by atoms with Crippen LogP contribution in [0.2, 0.25) is 0 Å². The van der Waals surface area contributed by atoms with E-state index in [-0.39, 0.29) is 10.5 Å². The van der Waals surface area contributed by atoms with Gasteiger partial charge in [0.15, 0.2) is 0 Å². The van der Waals surface area contributed by atoms with Gasteiger partial charge in [-0.25, -0.2) is 13.4 Å². The van der Waals surface area contributed by atoms with Gasteiger partial charge in [-0.15, -0.1) is 10.2 Å². The summed E-state index contributed by atoms with van der Waals surface area (Å²) >= 11 is 1.27. The van der Waals surface area contributed by atoms with Gasteiger partial charge >= 0.3 is 0 Å². The lowest BCUT2D eigenvalue weighted by Crippen LogP contribution is -2.27. The number of fused-ring (bicyclic) bond motifs is 3. The lowest BCUT2D eigenvalue weighted by atomic mass is 10.1. The Kier molecular flexibility index (Phi) is 6.06. The van der Waals surface area contributed by atoms with Gasteiger partial charge in [-0.2, -0.15) is 4.31 Å². The molecule has 37 heavy (non-hydrogen) atoms. The van der Waals surface area contributed by atoms with Crippen molar-refractivity contribution in [3.63, 3.8) is 0 Å². The second-order valence-corrected chi connectivity index (χ2v) is 12.0. The Labute approximate surface area is 217 Å². The molecular weight excluding hydrogens is 508 g/mol. The van der Waals surface area contributed by atoms with Crippen molar-refractivity contribution in [2.45, 2.75) is 41.4 Å². The van der Waals surface area contributed by atoms with Crippen molar-refractivity contribution >= 4 is 38.5 Å². The van der Waals surface area contributed by atoms with E-state index in [0.717, 1.165) is 24.0 Å². The van der Waals surface area contributed by atoms with Gasteiger partial charge in [0.2, 0.25) is 21.0 Å². The third kappa shape index (κ3) is 4.32. The lowest BCUT2D eigenvalue weighted by molar-refractivity contribution is 0.477. The third-order valence-corrected chi connectivity index (χ3v) is 9.33. The number of aryl methyl sites for hydroxylation is 1. The molecule has 0 radical (unpaired) electrons. The molecule has 1 aliphatic rings. The molecule has 0 spiro atoms. The molecule has 0 amide bonds. The van der Waals surface area contributed by atoms with E-state index in [9.17, 15) is 13.2 Å². The second kappa shape index (κ2) is 9.40. The van der Waals surface area contributed by atoms with Crippen LogP contribution < -0.4 is 5.56 Å². The number of hydrogen-bond acceptors (Lipinski definition) is 7. The number of aromatic nitrogens is 5. The van der Waals surface area contributed by atoms with Crippen LogP contribution in [-0.4, -0.2) is 50.0 Å². The van der Waals surface area contributed by atoms with E-state index in [0.29, 0.717) is 46.5 Å². The van der Waals surface area contributed by atoms with Crippen LogP contribution in [0.1, 0.15) is 24.0 Å². The van der Waals surface area contributed by atoms with Crippen molar-refractivity contribution in [2.24, 2.45) is 0 Å². The van der Waals surface area contributed by atoms with E-state index >= 15 is 0 Å². The highest BCUT2D eigenvalue weighted by Crippen LogP contribution is 2.29. The minimum atomic E-state index is -3.53. The van der Waals surface area contributed by atoms with Crippen molar-refractivity contribution in [2.75, 3.05) is 13.1 Å². The van der Waals surface area contributed by atoms with Gasteiger partial charge in [0.25, 0.3) is 5.56 Å². The van der Waals surface area contributed by atoms with Crippen LogP contribution in [0.25, 0.3) is 16.7 Å². The van der Waals surface area contributed by atoms with E-state index in [4.69, 9.17) is 0 Å². The topological polar surface area (TPSA) is 102 Å². The van der Waals surface area contributed by atoms with Gasteiger partial charge in [0.1, 0.15) is 9.92 Å². The molecule has 0 N–H and O–H groups in total. The quantitative estimate of drug-likeness (QED) is 0.328. The van der Waals surface area contributed by atoms with Crippen LogP contribution in [0.15, 0.2) is 86.7 Å². The number of para-hydroxylation sites is 1. The molecule has 1 fully saturated rings. The minimum Gasteiger partial charge on any atom is -0.272 e. The number of rotatable bonds is 6. The molecule has 11 heteroatoms. The number of hydrogen-bond donors (Lipinski definition) is 0. The average Bonchev–Trinajstić information content (AvgIpc) is 3.60. The Balaban J connectivity index is 1.40. The van der Waals surface area contributed by atoms with Crippen molar-refractivity contribution in [3.8, 4) is 0 Å². The molecule has 9 nitrogen and oxygen atoms in total. The molecule has 2 aromatic carbocycles. The highest BCUT2D eigenvalue weighted by Gasteiger charge is 2.27. The predicted molar refractivity (Wildman–Crippen MR) is 141 cm³/mol. The number of nitrogens with zero attached hydrogens (tertiary/aromatic N) is 6. The zero-order chi connectivity index (χ0) is 25.6. The monoisotopic (exact) mass is 532 g/mol. The zero-order valence-corrected chi connectivity index (χ0v) is 21.7. The van der Waals surface area contributed by atoms with Gasteiger partial charge < -0.3 is 0 Å². The van der Waals surface area contributed by atoms with E-state index in [1.54, 1.807) is 22.8 Å². The smallest absolute Gasteiger partial charge is 0.263 e. The Hall–Kier alpha value is -3.54. The molecular formula is C26H24N6O3S2. The summed E-state index contributed by atoms with van der Waals surface area (Å²) in [4.78, 5) is 18.0.